The summed E-state index contributed by atoms with van der Waals surface area (Å²) >= 11 is 1.56. The summed E-state index contributed by atoms with van der Waals surface area (Å²) in [5, 5.41) is 11.2. The average molecular weight is 427 g/mol. The SMILES string of the molecule is Cc1ccc(Sc2c(-c3ccc(C(C)(C)C#N)nc3)nc(-c3ccccn3)n2C)nc1. The molecule has 0 saturated heterocycles. The van der Waals surface area contributed by atoms with Gasteiger partial charge in [-0.15, -0.1) is 0 Å². The Labute approximate surface area is 186 Å². The van der Waals surface area contributed by atoms with Gasteiger partial charge in [-0.3, -0.25) is 9.97 Å². The van der Waals surface area contributed by atoms with Crippen LogP contribution in [0.3, 0.4) is 0 Å². The smallest absolute Gasteiger partial charge is 0.159 e. The van der Waals surface area contributed by atoms with Crippen LogP contribution in [0.15, 0.2) is 71.1 Å². The molecule has 0 unspecified atom stereocenters. The topological polar surface area (TPSA) is 80.3 Å². The maximum atomic E-state index is 9.40. The first-order valence-electron chi connectivity index (χ1n) is 9.86. The molecular weight excluding hydrogens is 404 g/mol. The lowest BCUT2D eigenvalue weighted by molar-refractivity contribution is 0.660. The quantitative estimate of drug-likeness (QED) is 0.436. The van der Waals surface area contributed by atoms with Crippen LogP contribution in [0.1, 0.15) is 25.1 Å². The predicted molar refractivity (Wildman–Crippen MR) is 121 cm³/mol. The molecule has 0 aromatic carbocycles. The average Bonchev–Trinajstić information content (AvgIpc) is 3.12. The van der Waals surface area contributed by atoms with Crippen molar-refractivity contribution in [1.82, 2.24) is 24.5 Å². The van der Waals surface area contributed by atoms with E-state index in [0.29, 0.717) is 0 Å². The van der Waals surface area contributed by atoms with E-state index in [2.05, 4.69) is 21.0 Å². The molecule has 0 fully saturated rings. The van der Waals surface area contributed by atoms with Gasteiger partial charge in [0.1, 0.15) is 21.4 Å². The van der Waals surface area contributed by atoms with Gasteiger partial charge < -0.3 is 4.57 Å². The second kappa shape index (κ2) is 8.32. The lowest BCUT2D eigenvalue weighted by Gasteiger charge is -2.14. The van der Waals surface area contributed by atoms with Crippen molar-refractivity contribution in [3.8, 4) is 28.8 Å². The molecule has 0 atom stereocenters. The zero-order valence-corrected chi connectivity index (χ0v) is 18.7. The number of aromatic nitrogens is 5. The number of aryl methyl sites for hydroxylation is 1. The van der Waals surface area contributed by atoms with E-state index < -0.39 is 5.41 Å². The van der Waals surface area contributed by atoms with Gasteiger partial charge in [-0.1, -0.05) is 12.1 Å². The molecule has 6 nitrogen and oxygen atoms in total. The van der Waals surface area contributed by atoms with Crippen LogP contribution in [0, 0.1) is 18.3 Å². The number of nitrogens with zero attached hydrogens (tertiary/aromatic N) is 6. The molecule has 0 aliphatic carbocycles. The summed E-state index contributed by atoms with van der Waals surface area (Å²) < 4.78 is 2.04. The Bertz CT molecular complexity index is 1240. The van der Waals surface area contributed by atoms with E-state index in [4.69, 9.17) is 4.98 Å². The van der Waals surface area contributed by atoms with E-state index in [1.165, 1.54) is 0 Å². The molecule has 0 bridgehead atoms. The Balaban J connectivity index is 1.82. The third-order valence-electron chi connectivity index (χ3n) is 4.98. The predicted octanol–water partition coefficient (Wildman–Crippen LogP) is 5.20. The van der Waals surface area contributed by atoms with Crippen molar-refractivity contribution in [1.29, 1.82) is 5.26 Å². The van der Waals surface area contributed by atoms with Crippen LogP contribution in [-0.4, -0.2) is 24.5 Å². The Hall–Kier alpha value is -3.50. The fourth-order valence-electron chi connectivity index (χ4n) is 3.09. The number of nitriles is 1. The van der Waals surface area contributed by atoms with Crippen molar-refractivity contribution < 1.29 is 0 Å². The van der Waals surface area contributed by atoms with Crippen LogP contribution < -0.4 is 0 Å². The summed E-state index contributed by atoms with van der Waals surface area (Å²) in [4.78, 5) is 18.5. The summed E-state index contributed by atoms with van der Waals surface area (Å²) in [6, 6.07) is 16.0. The number of hydrogen-bond acceptors (Lipinski definition) is 6. The van der Waals surface area contributed by atoms with Gasteiger partial charge in [0.15, 0.2) is 5.82 Å². The highest BCUT2D eigenvalue weighted by molar-refractivity contribution is 7.99. The zero-order chi connectivity index (χ0) is 22.0. The molecule has 31 heavy (non-hydrogen) atoms. The molecule has 4 aromatic rings. The summed E-state index contributed by atoms with van der Waals surface area (Å²) in [5.74, 6) is 0.770. The van der Waals surface area contributed by atoms with Gasteiger partial charge in [0, 0.05) is 31.2 Å². The molecule has 0 aliphatic rings. The molecule has 154 valence electrons. The van der Waals surface area contributed by atoms with E-state index in [0.717, 1.165) is 44.1 Å². The molecule has 0 spiro atoms. The highest BCUT2D eigenvalue weighted by Gasteiger charge is 2.23. The standard InChI is InChI=1S/C24H22N6S/c1-16-8-11-20(28-13-16)31-23-21(17-9-10-19(27-14-17)24(2,3)15-25)29-22(30(23)4)18-7-5-6-12-26-18/h5-14H,1-4H3. The van der Waals surface area contributed by atoms with Gasteiger partial charge in [0.2, 0.25) is 0 Å². The van der Waals surface area contributed by atoms with Gasteiger partial charge in [-0.25, -0.2) is 9.97 Å². The van der Waals surface area contributed by atoms with Crippen molar-refractivity contribution in [2.75, 3.05) is 0 Å². The van der Waals surface area contributed by atoms with Crippen LogP contribution in [0.2, 0.25) is 0 Å². The number of pyridine rings is 3. The molecule has 7 heteroatoms. The highest BCUT2D eigenvalue weighted by Crippen LogP contribution is 2.37. The fourth-order valence-corrected chi connectivity index (χ4v) is 4.01. The van der Waals surface area contributed by atoms with Crippen LogP contribution in [0.5, 0.6) is 0 Å². The van der Waals surface area contributed by atoms with E-state index in [9.17, 15) is 5.26 Å². The zero-order valence-electron chi connectivity index (χ0n) is 17.9. The maximum Gasteiger partial charge on any atom is 0.159 e. The summed E-state index contributed by atoms with van der Waals surface area (Å²) in [7, 11) is 1.98. The number of rotatable bonds is 5. The van der Waals surface area contributed by atoms with Gasteiger partial charge in [-0.05, 0) is 68.4 Å². The Morgan fingerprint density at radius 3 is 2.45 bits per heavy atom. The molecule has 0 N–H and O–H groups in total. The lowest BCUT2D eigenvalue weighted by atomic mass is 9.90. The van der Waals surface area contributed by atoms with E-state index >= 15 is 0 Å². The van der Waals surface area contributed by atoms with Gasteiger partial charge >= 0.3 is 0 Å². The van der Waals surface area contributed by atoms with Crippen LogP contribution in [-0.2, 0) is 12.5 Å². The molecule has 4 heterocycles. The van der Waals surface area contributed by atoms with Crippen molar-refractivity contribution >= 4 is 11.8 Å². The first-order valence-corrected chi connectivity index (χ1v) is 10.7. The first-order chi connectivity index (χ1) is 14.9. The van der Waals surface area contributed by atoms with Crippen LogP contribution in [0.4, 0.5) is 0 Å². The minimum Gasteiger partial charge on any atom is -0.320 e. The van der Waals surface area contributed by atoms with Crippen LogP contribution in [0.25, 0.3) is 22.8 Å². The third kappa shape index (κ3) is 4.21. The van der Waals surface area contributed by atoms with Crippen molar-refractivity contribution in [3.63, 3.8) is 0 Å². The molecule has 0 aliphatic heterocycles. The molecule has 4 rings (SSSR count). The number of imidazole rings is 1. The monoisotopic (exact) mass is 426 g/mol. The maximum absolute atomic E-state index is 9.40. The molecule has 0 radical (unpaired) electrons. The van der Waals surface area contributed by atoms with Crippen molar-refractivity contribution in [2.24, 2.45) is 7.05 Å². The minimum atomic E-state index is -0.648. The Morgan fingerprint density at radius 1 is 1.00 bits per heavy atom. The fraction of sp³-hybridized carbons (Fsp3) is 0.208. The first kappa shape index (κ1) is 20.8. The summed E-state index contributed by atoms with van der Waals surface area (Å²) in [5.41, 5.74) is 3.68. The second-order valence-electron chi connectivity index (χ2n) is 7.81. The van der Waals surface area contributed by atoms with E-state index in [1.807, 2.05) is 81.0 Å². The highest BCUT2D eigenvalue weighted by atomic mass is 32.2. The normalized spacial score (nSPS) is 11.3. The van der Waals surface area contributed by atoms with Crippen molar-refractivity contribution in [2.45, 2.75) is 36.2 Å². The summed E-state index contributed by atoms with van der Waals surface area (Å²) in [6.07, 6.45) is 5.41. The lowest BCUT2D eigenvalue weighted by Crippen LogP contribution is -2.15. The Kier molecular flexibility index (Phi) is 5.57. The Morgan fingerprint density at radius 2 is 1.84 bits per heavy atom. The minimum absolute atomic E-state index is 0.648. The van der Waals surface area contributed by atoms with E-state index in [-0.39, 0.29) is 0 Å². The van der Waals surface area contributed by atoms with Crippen molar-refractivity contribution in [3.05, 3.63) is 72.3 Å². The summed E-state index contributed by atoms with van der Waals surface area (Å²) in [6.45, 7) is 5.74. The number of hydrogen-bond donors (Lipinski definition) is 0. The molecular formula is C24H22N6S. The molecule has 4 aromatic heterocycles. The van der Waals surface area contributed by atoms with Gasteiger partial charge in [-0.2, -0.15) is 5.26 Å². The largest absolute Gasteiger partial charge is 0.320 e. The third-order valence-corrected chi connectivity index (χ3v) is 6.09. The van der Waals surface area contributed by atoms with E-state index in [1.54, 1.807) is 24.2 Å². The second-order valence-corrected chi connectivity index (χ2v) is 8.82. The van der Waals surface area contributed by atoms with Gasteiger partial charge in [0.05, 0.1) is 17.2 Å². The van der Waals surface area contributed by atoms with Gasteiger partial charge in [0.25, 0.3) is 0 Å². The van der Waals surface area contributed by atoms with Crippen LogP contribution >= 0.6 is 11.8 Å². The molecule has 0 saturated carbocycles. The molecule has 0 amide bonds.